The summed E-state index contributed by atoms with van der Waals surface area (Å²) in [5.74, 6) is 1.54. The summed E-state index contributed by atoms with van der Waals surface area (Å²) in [6.07, 6.45) is 6.76. The van der Waals surface area contributed by atoms with Crippen LogP contribution in [0.4, 0.5) is 0 Å². The van der Waals surface area contributed by atoms with E-state index in [1.54, 1.807) is 4.88 Å². The molecule has 1 aliphatic carbocycles. The lowest BCUT2D eigenvalue weighted by Gasteiger charge is -2.31. The van der Waals surface area contributed by atoms with E-state index in [0.29, 0.717) is 18.0 Å². The van der Waals surface area contributed by atoms with Crippen molar-refractivity contribution in [2.45, 2.75) is 71.0 Å². The average Bonchev–Trinajstić information content (AvgIpc) is 3.52. The Morgan fingerprint density at radius 2 is 2.13 bits per heavy atom. The normalized spacial score (nSPS) is 24.1. The largest absolute Gasteiger partial charge is 0.357 e. The molecule has 30 heavy (non-hydrogen) atoms. The number of aliphatic imine (C=N–C) groups is 1. The number of hydrogen-bond donors (Lipinski definition) is 2. The maximum atomic E-state index is 12.7. The van der Waals surface area contributed by atoms with E-state index in [0.717, 1.165) is 70.9 Å². The zero-order valence-corrected chi connectivity index (χ0v) is 19.3. The first kappa shape index (κ1) is 21.6. The van der Waals surface area contributed by atoms with Crippen molar-refractivity contribution in [1.82, 2.24) is 20.4 Å². The van der Waals surface area contributed by atoms with Gasteiger partial charge in [-0.15, -0.1) is 11.3 Å². The van der Waals surface area contributed by atoms with Gasteiger partial charge in [0.1, 0.15) is 0 Å². The third kappa shape index (κ3) is 5.17. The van der Waals surface area contributed by atoms with Crippen molar-refractivity contribution in [3.63, 3.8) is 0 Å². The van der Waals surface area contributed by atoms with Gasteiger partial charge in [0.05, 0.1) is 6.54 Å². The highest BCUT2D eigenvalue weighted by Crippen LogP contribution is 2.28. The highest BCUT2D eigenvalue weighted by Gasteiger charge is 2.32. The lowest BCUT2D eigenvalue weighted by Crippen LogP contribution is -2.46. The predicted octanol–water partition coefficient (Wildman–Crippen LogP) is 2.84. The van der Waals surface area contributed by atoms with Gasteiger partial charge in [0.15, 0.2) is 5.96 Å². The standard InChI is InChI=1S/C23H37N5OS/c1-3-24-23(25-14-17(2)27-12-9-21-19(15-27)10-13-30-21)26-20-8-11-28(16-20)22(29)18-6-4-5-7-18/h10,13,17-18,20H,3-9,11-12,14-16H2,1-2H3,(H2,24,25,26). The SMILES string of the molecule is CCNC(=NCC(C)N1CCc2sccc2C1)NC1CCN(C(=O)C2CCCC2)C1. The maximum absolute atomic E-state index is 12.7. The van der Waals surface area contributed by atoms with E-state index in [9.17, 15) is 4.79 Å². The highest BCUT2D eigenvalue weighted by molar-refractivity contribution is 7.10. The summed E-state index contributed by atoms with van der Waals surface area (Å²) in [4.78, 5) is 23.8. The first-order valence-corrected chi connectivity index (χ1v) is 12.6. The second-order valence-corrected chi connectivity index (χ2v) is 10.1. The van der Waals surface area contributed by atoms with E-state index in [1.165, 1.54) is 18.4 Å². The summed E-state index contributed by atoms with van der Waals surface area (Å²) in [6.45, 7) is 9.86. The van der Waals surface area contributed by atoms with Crippen molar-refractivity contribution in [2.75, 3.05) is 32.7 Å². The molecule has 2 unspecified atom stereocenters. The number of nitrogens with zero attached hydrogens (tertiary/aromatic N) is 3. The molecule has 4 rings (SSSR count). The van der Waals surface area contributed by atoms with Crippen molar-refractivity contribution in [2.24, 2.45) is 10.9 Å². The summed E-state index contributed by atoms with van der Waals surface area (Å²) in [5.41, 5.74) is 1.49. The molecule has 6 nitrogen and oxygen atoms in total. The Hall–Kier alpha value is -1.60. The molecule has 166 valence electrons. The summed E-state index contributed by atoms with van der Waals surface area (Å²) < 4.78 is 0. The zero-order valence-electron chi connectivity index (χ0n) is 18.5. The third-order valence-corrected chi connectivity index (χ3v) is 7.89. The number of carbonyl (C=O) groups excluding carboxylic acids is 1. The Morgan fingerprint density at radius 1 is 1.30 bits per heavy atom. The zero-order chi connectivity index (χ0) is 20.9. The molecule has 7 heteroatoms. The molecule has 1 saturated heterocycles. The Labute approximate surface area is 185 Å². The van der Waals surface area contributed by atoms with Crippen LogP contribution in [0.25, 0.3) is 0 Å². The van der Waals surface area contributed by atoms with E-state index >= 15 is 0 Å². The van der Waals surface area contributed by atoms with Crippen LogP contribution in [-0.4, -0.2) is 66.5 Å². The van der Waals surface area contributed by atoms with Gasteiger partial charge >= 0.3 is 0 Å². The second-order valence-electron chi connectivity index (χ2n) is 9.05. The summed E-state index contributed by atoms with van der Waals surface area (Å²) in [7, 11) is 0. The van der Waals surface area contributed by atoms with E-state index in [2.05, 4.69) is 45.7 Å². The van der Waals surface area contributed by atoms with Gasteiger partial charge in [-0.3, -0.25) is 14.7 Å². The Kier molecular flexibility index (Phi) is 7.31. The minimum Gasteiger partial charge on any atom is -0.357 e. The van der Waals surface area contributed by atoms with Crippen molar-refractivity contribution in [1.29, 1.82) is 0 Å². The third-order valence-electron chi connectivity index (χ3n) is 6.86. The number of hydrogen-bond acceptors (Lipinski definition) is 4. The number of thiophene rings is 1. The molecule has 0 spiro atoms. The molecular formula is C23H37N5OS. The van der Waals surface area contributed by atoms with Gasteiger partial charge in [0.25, 0.3) is 0 Å². The molecule has 3 heterocycles. The molecule has 1 saturated carbocycles. The average molecular weight is 432 g/mol. The lowest BCUT2D eigenvalue weighted by atomic mass is 10.1. The van der Waals surface area contributed by atoms with Crippen LogP contribution in [0.5, 0.6) is 0 Å². The molecule has 3 aliphatic rings. The molecule has 2 N–H and O–H groups in total. The quantitative estimate of drug-likeness (QED) is 0.537. The molecule has 2 atom stereocenters. The summed E-state index contributed by atoms with van der Waals surface area (Å²) in [5, 5.41) is 9.20. The molecule has 2 aliphatic heterocycles. The minimum atomic E-state index is 0.278. The summed E-state index contributed by atoms with van der Waals surface area (Å²) in [6, 6.07) is 2.98. The first-order chi connectivity index (χ1) is 14.6. The number of amides is 1. The van der Waals surface area contributed by atoms with E-state index in [4.69, 9.17) is 4.99 Å². The van der Waals surface area contributed by atoms with Gasteiger partial charge < -0.3 is 15.5 Å². The molecular weight excluding hydrogens is 394 g/mol. The second kappa shape index (κ2) is 10.1. The van der Waals surface area contributed by atoms with Crippen LogP contribution < -0.4 is 10.6 Å². The van der Waals surface area contributed by atoms with Crippen molar-refractivity contribution >= 4 is 23.2 Å². The fraction of sp³-hybridized carbons (Fsp3) is 0.739. The van der Waals surface area contributed by atoms with Crippen LogP contribution in [0.2, 0.25) is 0 Å². The molecule has 1 amide bonds. The Balaban J connectivity index is 1.28. The molecule has 2 fully saturated rings. The number of likely N-dealkylation sites (tertiary alicyclic amines) is 1. The Morgan fingerprint density at radius 3 is 2.93 bits per heavy atom. The van der Waals surface area contributed by atoms with E-state index in [-0.39, 0.29) is 5.92 Å². The smallest absolute Gasteiger partial charge is 0.225 e. The predicted molar refractivity (Wildman–Crippen MR) is 124 cm³/mol. The molecule has 1 aromatic heterocycles. The van der Waals surface area contributed by atoms with Crippen LogP contribution in [0.3, 0.4) is 0 Å². The lowest BCUT2D eigenvalue weighted by molar-refractivity contribution is -0.134. The van der Waals surface area contributed by atoms with Gasteiger partial charge in [-0.1, -0.05) is 12.8 Å². The topological polar surface area (TPSA) is 60.0 Å². The minimum absolute atomic E-state index is 0.278. The van der Waals surface area contributed by atoms with Crippen LogP contribution in [-0.2, 0) is 17.8 Å². The molecule has 1 aromatic rings. The van der Waals surface area contributed by atoms with E-state index < -0.39 is 0 Å². The van der Waals surface area contributed by atoms with E-state index in [1.807, 2.05) is 11.3 Å². The maximum Gasteiger partial charge on any atom is 0.225 e. The van der Waals surface area contributed by atoms with Crippen LogP contribution >= 0.6 is 11.3 Å². The van der Waals surface area contributed by atoms with Crippen LogP contribution in [0.1, 0.15) is 56.4 Å². The van der Waals surface area contributed by atoms with Crippen LogP contribution in [0.15, 0.2) is 16.4 Å². The molecule has 0 bridgehead atoms. The monoisotopic (exact) mass is 431 g/mol. The van der Waals surface area contributed by atoms with Gasteiger partial charge in [-0.2, -0.15) is 0 Å². The fourth-order valence-electron chi connectivity index (χ4n) is 5.01. The fourth-order valence-corrected chi connectivity index (χ4v) is 5.90. The van der Waals surface area contributed by atoms with Gasteiger partial charge in [-0.05, 0) is 56.5 Å². The van der Waals surface area contributed by atoms with Gasteiger partial charge in [0, 0.05) is 55.6 Å². The van der Waals surface area contributed by atoms with Crippen molar-refractivity contribution in [3.8, 4) is 0 Å². The van der Waals surface area contributed by atoms with Crippen LogP contribution in [0, 0.1) is 5.92 Å². The summed E-state index contributed by atoms with van der Waals surface area (Å²) >= 11 is 1.89. The number of guanidine groups is 1. The molecule has 0 radical (unpaired) electrons. The van der Waals surface area contributed by atoms with Crippen molar-refractivity contribution in [3.05, 3.63) is 21.9 Å². The molecule has 0 aromatic carbocycles. The van der Waals surface area contributed by atoms with Crippen molar-refractivity contribution < 1.29 is 4.79 Å². The van der Waals surface area contributed by atoms with Gasteiger partial charge in [-0.25, -0.2) is 0 Å². The number of fused-ring (bicyclic) bond motifs is 1. The number of rotatable bonds is 6. The Bertz CT molecular complexity index is 742. The first-order valence-electron chi connectivity index (χ1n) is 11.8. The van der Waals surface area contributed by atoms with Gasteiger partial charge in [0.2, 0.25) is 5.91 Å². The number of carbonyl (C=O) groups is 1. The highest BCUT2D eigenvalue weighted by atomic mass is 32.1. The number of nitrogens with one attached hydrogen (secondary N) is 2.